The third kappa shape index (κ3) is 2.45. The Balaban J connectivity index is 1.18. The van der Waals surface area contributed by atoms with Gasteiger partial charge in [-0.25, -0.2) is 0 Å². The largest absolute Gasteiger partial charge is 0.371 e. The zero-order valence-corrected chi connectivity index (χ0v) is 17.2. The first kappa shape index (κ1) is 17.3. The molecule has 2 aromatic carbocycles. The molecule has 5 nitrogen and oxygen atoms in total. The van der Waals surface area contributed by atoms with Gasteiger partial charge in [0.05, 0.1) is 0 Å². The maximum absolute atomic E-state index is 13.4. The van der Waals surface area contributed by atoms with Gasteiger partial charge in [0, 0.05) is 74.9 Å². The third-order valence-corrected chi connectivity index (χ3v) is 8.30. The Morgan fingerprint density at radius 3 is 1.40 bits per heavy atom. The van der Waals surface area contributed by atoms with E-state index in [4.69, 9.17) is 0 Å². The summed E-state index contributed by atoms with van der Waals surface area (Å²) in [5.41, 5.74) is 6.41. The van der Waals surface area contributed by atoms with Crippen LogP contribution in [-0.4, -0.2) is 58.1 Å². The minimum atomic E-state index is 0.200. The van der Waals surface area contributed by atoms with Crippen molar-refractivity contribution in [3.63, 3.8) is 0 Å². The van der Waals surface area contributed by atoms with Gasteiger partial charge in [0.25, 0.3) is 0 Å². The van der Waals surface area contributed by atoms with Crippen LogP contribution in [-0.2, 0) is 0 Å². The molecule has 0 saturated carbocycles. The number of nitrogens with one attached hydrogen (secondary N) is 2. The van der Waals surface area contributed by atoms with Crippen molar-refractivity contribution >= 4 is 17.2 Å². The van der Waals surface area contributed by atoms with Crippen molar-refractivity contribution in [3.05, 3.63) is 47.5 Å². The van der Waals surface area contributed by atoms with E-state index >= 15 is 0 Å². The van der Waals surface area contributed by atoms with Crippen LogP contribution in [0.3, 0.4) is 0 Å². The zero-order valence-electron chi connectivity index (χ0n) is 17.2. The van der Waals surface area contributed by atoms with Gasteiger partial charge >= 0.3 is 0 Å². The Morgan fingerprint density at radius 2 is 1.00 bits per heavy atom. The molecule has 0 spiro atoms. The molecular weight excluding hydrogens is 372 g/mol. The zero-order chi connectivity index (χ0) is 19.8. The molecule has 154 valence electrons. The molecule has 4 aliphatic heterocycles. The van der Waals surface area contributed by atoms with Crippen molar-refractivity contribution < 1.29 is 4.79 Å². The molecule has 7 rings (SSSR count). The molecule has 4 fully saturated rings. The average molecular weight is 401 g/mol. The fourth-order valence-electron chi connectivity index (χ4n) is 6.58. The second-order valence-corrected chi connectivity index (χ2v) is 9.96. The molecule has 4 atom stereocenters. The van der Waals surface area contributed by atoms with E-state index in [1.165, 1.54) is 11.4 Å². The average Bonchev–Trinajstić information content (AvgIpc) is 3.54. The molecule has 4 unspecified atom stereocenters. The van der Waals surface area contributed by atoms with Crippen LogP contribution in [0.1, 0.15) is 15.9 Å². The minimum absolute atomic E-state index is 0.200. The lowest BCUT2D eigenvalue weighted by Crippen LogP contribution is -2.25. The number of hydrogen-bond acceptors (Lipinski definition) is 5. The topological polar surface area (TPSA) is 47.6 Å². The minimum Gasteiger partial charge on any atom is -0.371 e. The molecule has 0 radical (unpaired) electrons. The lowest BCUT2D eigenvalue weighted by molar-refractivity contribution is 0.104. The van der Waals surface area contributed by atoms with Crippen LogP contribution in [0.15, 0.2) is 36.4 Å². The molecule has 0 bridgehead atoms. The molecule has 5 aliphatic rings. The first-order valence-corrected chi connectivity index (χ1v) is 11.5. The normalized spacial score (nSPS) is 31.3. The number of hydrogen-bond donors (Lipinski definition) is 2. The van der Waals surface area contributed by atoms with Crippen molar-refractivity contribution in [2.24, 2.45) is 23.7 Å². The summed E-state index contributed by atoms with van der Waals surface area (Å²) in [4.78, 5) is 18.3. The summed E-state index contributed by atoms with van der Waals surface area (Å²) in [5.74, 6) is 3.21. The lowest BCUT2D eigenvalue weighted by Gasteiger charge is -2.20. The first-order valence-electron chi connectivity index (χ1n) is 11.5. The van der Waals surface area contributed by atoms with Crippen LogP contribution in [0.4, 0.5) is 11.4 Å². The van der Waals surface area contributed by atoms with E-state index < -0.39 is 0 Å². The molecule has 2 aromatic rings. The maximum Gasteiger partial charge on any atom is 0.194 e. The van der Waals surface area contributed by atoms with Gasteiger partial charge in [-0.3, -0.25) is 4.79 Å². The van der Waals surface area contributed by atoms with Crippen molar-refractivity contribution in [3.8, 4) is 11.1 Å². The van der Waals surface area contributed by atoms with Crippen molar-refractivity contribution in [2.45, 2.75) is 0 Å². The van der Waals surface area contributed by atoms with Crippen LogP contribution >= 0.6 is 0 Å². The number of nitrogens with zero attached hydrogens (tertiary/aromatic N) is 2. The first-order chi connectivity index (χ1) is 14.7. The number of carbonyl (C=O) groups is 1. The third-order valence-electron chi connectivity index (χ3n) is 8.30. The van der Waals surface area contributed by atoms with E-state index in [1.807, 2.05) is 0 Å². The standard InChI is InChI=1S/C25H28N4O/c30-25-23-5-19(28-11-15-7-26-8-16(15)12-28)1-3-21(23)22-4-2-20(6-24(22)25)29-13-17-9-27-10-18(17)14-29/h1-6,15-18,26-27H,7-14H2. The summed E-state index contributed by atoms with van der Waals surface area (Å²) in [5, 5.41) is 7.02. The summed E-state index contributed by atoms with van der Waals surface area (Å²) in [7, 11) is 0. The highest BCUT2D eigenvalue weighted by Crippen LogP contribution is 2.42. The Kier molecular flexibility index (Phi) is 3.65. The fraction of sp³-hybridized carbons (Fsp3) is 0.480. The predicted molar refractivity (Wildman–Crippen MR) is 119 cm³/mol. The summed E-state index contributed by atoms with van der Waals surface area (Å²) < 4.78 is 0. The van der Waals surface area contributed by atoms with E-state index in [9.17, 15) is 4.79 Å². The molecule has 0 aromatic heterocycles. The quantitative estimate of drug-likeness (QED) is 0.691. The Morgan fingerprint density at radius 1 is 0.600 bits per heavy atom. The highest BCUT2D eigenvalue weighted by molar-refractivity contribution is 6.22. The highest BCUT2D eigenvalue weighted by atomic mass is 16.1. The molecule has 1 aliphatic carbocycles. The second kappa shape index (κ2) is 6.32. The Hall–Kier alpha value is -2.37. The fourth-order valence-corrected chi connectivity index (χ4v) is 6.58. The van der Waals surface area contributed by atoms with Gasteiger partial charge in [0.15, 0.2) is 5.78 Å². The van der Waals surface area contributed by atoms with Crippen LogP contribution in [0, 0.1) is 23.7 Å². The Bertz CT molecular complexity index is 944. The second-order valence-electron chi connectivity index (χ2n) is 9.96. The number of rotatable bonds is 2. The number of carbonyl (C=O) groups excluding carboxylic acids is 1. The van der Waals surface area contributed by atoms with Gasteiger partial charge in [-0.1, -0.05) is 12.1 Å². The summed E-state index contributed by atoms with van der Waals surface area (Å²) in [6, 6.07) is 13.1. The van der Waals surface area contributed by atoms with E-state index in [0.29, 0.717) is 0 Å². The molecule has 2 N–H and O–H groups in total. The Labute approximate surface area is 177 Å². The summed E-state index contributed by atoms with van der Waals surface area (Å²) in [6.45, 7) is 8.95. The summed E-state index contributed by atoms with van der Waals surface area (Å²) >= 11 is 0. The molecule has 0 amide bonds. The monoisotopic (exact) mass is 400 g/mol. The van der Waals surface area contributed by atoms with E-state index in [-0.39, 0.29) is 5.78 Å². The van der Waals surface area contributed by atoms with Gasteiger partial charge in [-0.05, 0) is 59.1 Å². The SMILES string of the molecule is O=C1c2cc(N3CC4CNCC4C3)ccc2-c2ccc(N3CC4CNCC4C3)cc21. The van der Waals surface area contributed by atoms with Gasteiger partial charge in [-0.2, -0.15) is 0 Å². The number of benzene rings is 2. The van der Waals surface area contributed by atoms with Crippen LogP contribution in [0.2, 0.25) is 0 Å². The van der Waals surface area contributed by atoms with Crippen LogP contribution < -0.4 is 20.4 Å². The van der Waals surface area contributed by atoms with Gasteiger partial charge in [-0.15, -0.1) is 0 Å². The lowest BCUT2D eigenvalue weighted by atomic mass is 10.0. The smallest absolute Gasteiger partial charge is 0.194 e. The van der Waals surface area contributed by atoms with Gasteiger partial charge in [0.1, 0.15) is 0 Å². The van der Waals surface area contributed by atoms with Crippen molar-refractivity contribution in [2.75, 3.05) is 62.2 Å². The molecule has 30 heavy (non-hydrogen) atoms. The molecule has 4 heterocycles. The number of ketones is 1. The highest BCUT2D eigenvalue weighted by Gasteiger charge is 2.38. The van der Waals surface area contributed by atoms with Crippen molar-refractivity contribution in [1.82, 2.24) is 10.6 Å². The van der Waals surface area contributed by atoms with Crippen LogP contribution in [0.25, 0.3) is 11.1 Å². The van der Waals surface area contributed by atoms with Gasteiger partial charge in [0.2, 0.25) is 0 Å². The van der Waals surface area contributed by atoms with E-state index in [1.54, 1.807) is 0 Å². The maximum atomic E-state index is 13.4. The van der Waals surface area contributed by atoms with Gasteiger partial charge < -0.3 is 20.4 Å². The summed E-state index contributed by atoms with van der Waals surface area (Å²) in [6.07, 6.45) is 0. The van der Waals surface area contributed by atoms with Crippen LogP contribution in [0.5, 0.6) is 0 Å². The predicted octanol–water partition coefficient (Wildman–Crippen LogP) is 2.21. The molecule has 5 heteroatoms. The number of anilines is 2. The molecular formula is C25H28N4O. The molecule has 4 saturated heterocycles. The van der Waals surface area contributed by atoms with E-state index in [2.05, 4.69) is 56.8 Å². The number of fused-ring (bicyclic) bond motifs is 5. The van der Waals surface area contributed by atoms with Crippen molar-refractivity contribution in [1.29, 1.82) is 0 Å². The van der Waals surface area contributed by atoms with E-state index in [0.717, 1.165) is 98.3 Å².